The standard InChI is InChI=1S/C16H18N2O6S/c1-9(16(20)21)11-5-4-6-12(7-11)18-15(19)13-8-14(24-10(13)2)25(22,23)17-3/h4-9,17H,1-3H3,(H,18,19)(H,20,21). The van der Waals surface area contributed by atoms with Gasteiger partial charge in [-0.15, -0.1) is 0 Å². The summed E-state index contributed by atoms with van der Waals surface area (Å²) in [5, 5.41) is 11.3. The van der Waals surface area contributed by atoms with Crippen molar-refractivity contribution in [2.24, 2.45) is 0 Å². The molecule has 1 heterocycles. The summed E-state index contributed by atoms with van der Waals surface area (Å²) in [6, 6.07) is 7.58. The molecule has 0 saturated carbocycles. The fourth-order valence-electron chi connectivity index (χ4n) is 2.14. The van der Waals surface area contributed by atoms with E-state index in [0.29, 0.717) is 11.3 Å². The van der Waals surface area contributed by atoms with Crippen molar-refractivity contribution in [3.63, 3.8) is 0 Å². The maximum atomic E-state index is 12.4. The number of anilines is 1. The van der Waals surface area contributed by atoms with Gasteiger partial charge in [0.25, 0.3) is 15.9 Å². The molecule has 1 amide bonds. The van der Waals surface area contributed by atoms with Gasteiger partial charge in [-0.05, 0) is 38.6 Å². The van der Waals surface area contributed by atoms with Gasteiger partial charge in [-0.3, -0.25) is 9.59 Å². The molecule has 25 heavy (non-hydrogen) atoms. The van der Waals surface area contributed by atoms with Crippen LogP contribution < -0.4 is 10.0 Å². The van der Waals surface area contributed by atoms with Crippen LogP contribution in [0, 0.1) is 6.92 Å². The van der Waals surface area contributed by atoms with Crippen LogP contribution in [0.2, 0.25) is 0 Å². The molecule has 1 atom stereocenters. The lowest BCUT2D eigenvalue weighted by Gasteiger charge is -2.09. The predicted octanol–water partition coefficient (Wildman–Crippen LogP) is 1.94. The van der Waals surface area contributed by atoms with Gasteiger partial charge in [-0.25, -0.2) is 13.1 Å². The number of carboxylic acid groups (broad SMARTS) is 1. The molecule has 0 radical (unpaired) electrons. The molecule has 0 aliphatic carbocycles. The first kappa shape index (κ1) is 18.7. The van der Waals surface area contributed by atoms with Crippen molar-refractivity contribution in [1.82, 2.24) is 4.72 Å². The van der Waals surface area contributed by atoms with Crippen LogP contribution in [-0.4, -0.2) is 32.4 Å². The second-order valence-corrected chi connectivity index (χ2v) is 7.20. The van der Waals surface area contributed by atoms with E-state index in [-0.39, 0.29) is 16.4 Å². The zero-order valence-corrected chi connectivity index (χ0v) is 14.7. The van der Waals surface area contributed by atoms with Crippen LogP contribution in [0.25, 0.3) is 0 Å². The summed E-state index contributed by atoms with van der Waals surface area (Å²) < 4.78 is 30.7. The van der Waals surface area contributed by atoms with Gasteiger partial charge < -0.3 is 14.8 Å². The van der Waals surface area contributed by atoms with Gasteiger partial charge in [0, 0.05) is 11.8 Å². The quantitative estimate of drug-likeness (QED) is 0.717. The van der Waals surface area contributed by atoms with Gasteiger partial charge in [0.2, 0.25) is 5.09 Å². The number of hydrogen-bond donors (Lipinski definition) is 3. The Labute approximate surface area is 144 Å². The number of nitrogens with one attached hydrogen (secondary N) is 2. The number of aliphatic carboxylic acids is 1. The highest BCUT2D eigenvalue weighted by atomic mass is 32.2. The first-order chi connectivity index (χ1) is 11.7. The Morgan fingerprint density at radius 1 is 1.24 bits per heavy atom. The summed E-state index contributed by atoms with van der Waals surface area (Å²) in [7, 11) is -2.56. The molecule has 0 saturated heterocycles. The molecule has 0 aliphatic rings. The van der Waals surface area contributed by atoms with Crippen LogP contribution in [0.15, 0.2) is 39.8 Å². The van der Waals surface area contributed by atoms with Crippen LogP contribution in [0.3, 0.4) is 0 Å². The molecule has 9 heteroatoms. The molecule has 0 fully saturated rings. The van der Waals surface area contributed by atoms with E-state index in [1.54, 1.807) is 31.2 Å². The lowest BCUT2D eigenvalue weighted by Crippen LogP contribution is -2.18. The summed E-state index contributed by atoms with van der Waals surface area (Å²) >= 11 is 0. The predicted molar refractivity (Wildman–Crippen MR) is 90.1 cm³/mol. The largest absolute Gasteiger partial charge is 0.481 e. The van der Waals surface area contributed by atoms with E-state index in [1.807, 2.05) is 0 Å². The average molecular weight is 366 g/mol. The van der Waals surface area contributed by atoms with Crippen LogP contribution in [-0.2, 0) is 14.8 Å². The number of furan rings is 1. The third-order valence-electron chi connectivity index (χ3n) is 3.69. The summed E-state index contributed by atoms with van der Waals surface area (Å²) in [5.41, 5.74) is 1.01. The first-order valence-electron chi connectivity index (χ1n) is 7.34. The fourth-order valence-corrected chi connectivity index (χ4v) is 2.85. The number of benzene rings is 1. The Morgan fingerprint density at radius 2 is 1.92 bits per heavy atom. The van der Waals surface area contributed by atoms with E-state index in [9.17, 15) is 18.0 Å². The molecule has 134 valence electrons. The number of amides is 1. The first-order valence-corrected chi connectivity index (χ1v) is 8.82. The molecule has 0 spiro atoms. The van der Waals surface area contributed by atoms with Crippen molar-refractivity contribution < 1.29 is 27.5 Å². The number of sulfonamides is 1. The van der Waals surface area contributed by atoms with E-state index < -0.39 is 27.8 Å². The van der Waals surface area contributed by atoms with Crippen molar-refractivity contribution in [1.29, 1.82) is 0 Å². The van der Waals surface area contributed by atoms with E-state index in [1.165, 1.54) is 14.0 Å². The minimum Gasteiger partial charge on any atom is -0.481 e. The lowest BCUT2D eigenvalue weighted by molar-refractivity contribution is -0.138. The molecule has 1 aromatic heterocycles. The Hall–Kier alpha value is -2.65. The van der Waals surface area contributed by atoms with Gasteiger partial charge in [-0.1, -0.05) is 12.1 Å². The van der Waals surface area contributed by atoms with Crippen LogP contribution in [0.1, 0.15) is 34.5 Å². The van der Waals surface area contributed by atoms with E-state index >= 15 is 0 Å². The number of carbonyl (C=O) groups is 2. The van der Waals surface area contributed by atoms with Crippen molar-refractivity contribution in [2.75, 3.05) is 12.4 Å². The maximum Gasteiger partial charge on any atom is 0.310 e. The third kappa shape index (κ3) is 4.06. The molecule has 1 unspecified atom stereocenters. The SMILES string of the molecule is CNS(=O)(=O)c1cc(C(=O)Nc2cccc(C(C)C(=O)O)c2)c(C)o1. The molecule has 2 aromatic rings. The number of rotatable bonds is 6. The van der Waals surface area contributed by atoms with Crippen LogP contribution in [0.5, 0.6) is 0 Å². The number of aryl methyl sites for hydroxylation is 1. The number of carboxylic acids is 1. The highest BCUT2D eigenvalue weighted by molar-refractivity contribution is 7.89. The highest BCUT2D eigenvalue weighted by Gasteiger charge is 2.23. The lowest BCUT2D eigenvalue weighted by atomic mass is 10.0. The monoisotopic (exact) mass is 366 g/mol. The minimum atomic E-state index is -3.80. The van der Waals surface area contributed by atoms with Crippen LogP contribution >= 0.6 is 0 Å². The van der Waals surface area contributed by atoms with Crippen molar-refractivity contribution in [3.05, 3.63) is 47.2 Å². The Balaban J connectivity index is 2.26. The van der Waals surface area contributed by atoms with Crippen LogP contribution in [0.4, 0.5) is 5.69 Å². The number of carbonyl (C=O) groups excluding carboxylic acids is 1. The molecule has 1 aromatic carbocycles. The minimum absolute atomic E-state index is 0.0745. The van der Waals surface area contributed by atoms with E-state index in [4.69, 9.17) is 9.52 Å². The van der Waals surface area contributed by atoms with Gasteiger partial charge in [0.15, 0.2) is 0 Å². The molecule has 0 aliphatic heterocycles. The topological polar surface area (TPSA) is 126 Å². The smallest absolute Gasteiger partial charge is 0.310 e. The second kappa shape index (κ2) is 7.08. The molecule has 0 bridgehead atoms. The molecule has 2 rings (SSSR count). The fraction of sp³-hybridized carbons (Fsp3) is 0.250. The third-order valence-corrected chi connectivity index (χ3v) is 4.96. The second-order valence-electron chi connectivity index (χ2n) is 5.38. The van der Waals surface area contributed by atoms with Crippen molar-refractivity contribution in [3.8, 4) is 0 Å². The Kier molecular flexibility index (Phi) is 5.29. The van der Waals surface area contributed by atoms with Crippen molar-refractivity contribution >= 4 is 27.6 Å². The Bertz CT molecular complexity index is 916. The molecule has 3 N–H and O–H groups in total. The maximum absolute atomic E-state index is 12.4. The average Bonchev–Trinajstić information content (AvgIpc) is 2.97. The van der Waals surface area contributed by atoms with E-state index in [0.717, 1.165) is 6.07 Å². The summed E-state index contributed by atoms with van der Waals surface area (Å²) in [4.78, 5) is 23.4. The summed E-state index contributed by atoms with van der Waals surface area (Å²) in [6.45, 7) is 3.02. The zero-order valence-electron chi connectivity index (χ0n) is 13.9. The van der Waals surface area contributed by atoms with Gasteiger partial charge in [-0.2, -0.15) is 0 Å². The number of hydrogen-bond acceptors (Lipinski definition) is 5. The Morgan fingerprint density at radius 3 is 2.52 bits per heavy atom. The highest BCUT2D eigenvalue weighted by Crippen LogP contribution is 2.22. The van der Waals surface area contributed by atoms with Crippen molar-refractivity contribution in [2.45, 2.75) is 24.9 Å². The molecular weight excluding hydrogens is 348 g/mol. The molecular formula is C16H18N2O6S. The van der Waals surface area contributed by atoms with Gasteiger partial charge in [0.1, 0.15) is 5.76 Å². The normalized spacial score (nSPS) is 12.6. The molecule has 8 nitrogen and oxygen atoms in total. The summed E-state index contributed by atoms with van der Waals surface area (Å²) in [5.74, 6) is -2.10. The zero-order chi connectivity index (χ0) is 18.8. The van der Waals surface area contributed by atoms with Gasteiger partial charge in [0.05, 0.1) is 11.5 Å². The van der Waals surface area contributed by atoms with E-state index in [2.05, 4.69) is 10.0 Å². The summed E-state index contributed by atoms with van der Waals surface area (Å²) in [6.07, 6.45) is 0. The van der Waals surface area contributed by atoms with Gasteiger partial charge >= 0.3 is 5.97 Å².